The van der Waals surface area contributed by atoms with Gasteiger partial charge in [-0.2, -0.15) is 0 Å². The molecule has 0 radical (unpaired) electrons. The summed E-state index contributed by atoms with van der Waals surface area (Å²) in [5.41, 5.74) is 9.76. The van der Waals surface area contributed by atoms with Crippen LogP contribution in [0, 0.1) is 0 Å². The van der Waals surface area contributed by atoms with E-state index in [4.69, 9.17) is 10.5 Å². The minimum Gasteiger partial charge on any atom is -0.493 e. The third-order valence-corrected chi connectivity index (χ3v) is 3.60. The molecule has 3 rings (SSSR count). The first-order valence-electron chi connectivity index (χ1n) is 6.47. The van der Waals surface area contributed by atoms with Crippen molar-refractivity contribution in [3.05, 3.63) is 53.3 Å². The lowest BCUT2D eigenvalue weighted by atomic mass is 9.91. The molecular formula is C15H18N2O. The van der Waals surface area contributed by atoms with Crippen molar-refractivity contribution in [2.45, 2.75) is 18.8 Å². The highest BCUT2D eigenvalue weighted by Gasteiger charge is 2.16. The third-order valence-electron chi connectivity index (χ3n) is 3.60. The summed E-state index contributed by atoms with van der Waals surface area (Å²) < 4.78 is 5.65. The molecule has 94 valence electrons. The van der Waals surface area contributed by atoms with E-state index < -0.39 is 0 Å². The van der Waals surface area contributed by atoms with Crippen molar-refractivity contribution >= 4 is 0 Å². The van der Waals surface area contributed by atoms with E-state index in [0.29, 0.717) is 6.54 Å². The van der Waals surface area contributed by atoms with Crippen molar-refractivity contribution in [1.82, 2.24) is 4.98 Å². The highest BCUT2D eigenvalue weighted by atomic mass is 16.5. The van der Waals surface area contributed by atoms with E-state index >= 15 is 0 Å². The molecule has 0 bridgehead atoms. The lowest BCUT2D eigenvalue weighted by Crippen LogP contribution is -2.15. The van der Waals surface area contributed by atoms with Gasteiger partial charge in [0, 0.05) is 24.9 Å². The molecule has 0 saturated heterocycles. The molecule has 2 aromatic rings. The second-order valence-electron chi connectivity index (χ2n) is 4.75. The van der Waals surface area contributed by atoms with E-state index in [1.165, 1.54) is 16.7 Å². The van der Waals surface area contributed by atoms with Crippen LogP contribution in [0.5, 0.6) is 5.75 Å². The smallest absolute Gasteiger partial charge is 0.122 e. The molecule has 18 heavy (non-hydrogen) atoms. The van der Waals surface area contributed by atoms with Gasteiger partial charge in [0.2, 0.25) is 0 Å². The maximum atomic E-state index is 5.93. The van der Waals surface area contributed by atoms with Gasteiger partial charge in [0.25, 0.3) is 0 Å². The fourth-order valence-electron chi connectivity index (χ4n) is 2.62. The summed E-state index contributed by atoms with van der Waals surface area (Å²) in [6.45, 7) is 1.46. The van der Waals surface area contributed by atoms with Gasteiger partial charge in [-0.1, -0.05) is 12.1 Å². The van der Waals surface area contributed by atoms with E-state index in [0.717, 1.165) is 25.2 Å². The summed E-state index contributed by atoms with van der Waals surface area (Å²) in [5.74, 6) is 1.30. The molecule has 0 amide bonds. The highest BCUT2D eigenvalue weighted by Crippen LogP contribution is 2.30. The first kappa shape index (κ1) is 11.4. The van der Waals surface area contributed by atoms with Gasteiger partial charge in [-0.3, -0.25) is 0 Å². The van der Waals surface area contributed by atoms with E-state index in [1.807, 2.05) is 12.4 Å². The van der Waals surface area contributed by atoms with Crippen LogP contribution >= 0.6 is 0 Å². The third kappa shape index (κ3) is 2.02. The number of hydrogen-bond donors (Lipinski definition) is 2. The number of benzene rings is 1. The molecule has 1 aliphatic rings. The Morgan fingerprint density at radius 1 is 1.28 bits per heavy atom. The number of aromatic nitrogens is 1. The van der Waals surface area contributed by atoms with Crippen LogP contribution in [0.3, 0.4) is 0 Å². The van der Waals surface area contributed by atoms with Crippen LogP contribution in [0.25, 0.3) is 0 Å². The van der Waals surface area contributed by atoms with E-state index in [-0.39, 0.29) is 5.92 Å². The summed E-state index contributed by atoms with van der Waals surface area (Å²) in [6.07, 6.45) is 6.18. The highest BCUT2D eigenvalue weighted by molar-refractivity contribution is 5.42. The quantitative estimate of drug-likeness (QED) is 0.868. The zero-order valence-electron chi connectivity index (χ0n) is 10.4. The molecule has 1 unspecified atom stereocenters. The molecule has 0 aliphatic carbocycles. The number of nitrogens with two attached hydrogens (primary N) is 1. The van der Waals surface area contributed by atoms with Crippen LogP contribution in [-0.4, -0.2) is 18.1 Å². The van der Waals surface area contributed by atoms with Gasteiger partial charge in [-0.15, -0.1) is 0 Å². The van der Waals surface area contributed by atoms with Crippen LogP contribution in [0.1, 0.15) is 29.0 Å². The largest absolute Gasteiger partial charge is 0.493 e. The second kappa shape index (κ2) is 4.86. The lowest BCUT2D eigenvalue weighted by Gasteiger charge is -2.20. The Balaban J connectivity index is 1.95. The SMILES string of the molecule is NCC(c1cc[nH]c1)c1ccc2c(c1)CCCO2. The summed E-state index contributed by atoms with van der Waals surface area (Å²) in [5, 5.41) is 0. The standard InChI is InChI=1S/C15H18N2O/c16-9-14(13-5-6-17-10-13)11-3-4-15-12(8-11)2-1-7-18-15/h3-6,8,10,14,17H,1-2,7,9,16H2. The van der Waals surface area contributed by atoms with Crippen molar-refractivity contribution in [2.75, 3.05) is 13.2 Å². The summed E-state index contributed by atoms with van der Waals surface area (Å²) in [6, 6.07) is 8.56. The zero-order chi connectivity index (χ0) is 12.4. The van der Waals surface area contributed by atoms with Gasteiger partial charge in [0.05, 0.1) is 6.61 Å². The molecule has 1 aromatic heterocycles. The van der Waals surface area contributed by atoms with Gasteiger partial charge < -0.3 is 15.5 Å². The minimum atomic E-state index is 0.267. The number of aromatic amines is 1. The van der Waals surface area contributed by atoms with Crippen molar-refractivity contribution in [3.63, 3.8) is 0 Å². The van der Waals surface area contributed by atoms with Gasteiger partial charge in [0.1, 0.15) is 5.75 Å². The fraction of sp³-hybridized carbons (Fsp3) is 0.333. The van der Waals surface area contributed by atoms with Gasteiger partial charge in [0.15, 0.2) is 0 Å². The van der Waals surface area contributed by atoms with Crippen molar-refractivity contribution in [1.29, 1.82) is 0 Å². The van der Waals surface area contributed by atoms with Crippen LogP contribution in [0.4, 0.5) is 0 Å². The maximum Gasteiger partial charge on any atom is 0.122 e. The predicted octanol–water partition coefficient (Wildman–Crippen LogP) is 2.43. The summed E-state index contributed by atoms with van der Waals surface area (Å²) in [4.78, 5) is 3.10. The Hall–Kier alpha value is -1.74. The maximum absolute atomic E-state index is 5.93. The average Bonchev–Trinajstić information content (AvgIpc) is 2.93. The number of H-pyrrole nitrogens is 1. The molecule has 0 saturated carbocycles. The number of fused-ring (bicyclic) bond motifs is 1. The fourth-order valence-corrected chi connectivity index (χ4v) is 2.62. The summed E-state index contributed by atoms with van der Waals surface area (Å²) >= 11 is 0. The molecule has 3 nitrogen and oxygen atoms in total. The van der Waals surface area contributed by atoms with Gasteiger partial charge in [-0.25, -0.2) is 0 Å². The molecule has 2 heterocycles. The lowest BCUT2D eigenvalue weighted by molar-refractivity contribution is 0.288. The zero-order valence-corrected chi connectivity index (χ0v) is 10.4. The average molecular weight is 242 g/mol. The molecule has 0 spiro atoms. The Labute approximate surface area is 107 Å². The topological polar surface area (TPSA) is 51.0 Å². The molecule has 3 heteroatoms. The van der Waals surface area contributed by atoms with E-state index in [9.17, 15) is 0 Å². The van der Waals surface area contributed by atoms with Crippen molar-refractivity contribution in [2.24, 2.45) is 5.73 Å². The molecule has 1 aromatic carbocycles. The molecular weight excluding hydrogens is 224 g/mol. The van der Waals surface area contributed by atoms with Crippen LogP contribution in [0.2, 0.25) is 0 Å². The Bertz CT molecular complexity index is 519. The monoisotopic (exact) mass is 242 g/mol. The predicted molar refractivity (Wildman–Crippen MR) is 71.9 cm³/mol. The second-order valence-corrected chi connectivity index (χ2v) is 4.75. The van der Waals surface area contributed by atoms with Crippen LogP contribution < -0.4 is 10.5 Å². The first-order chi connectivity index (χ1) is 8.88. The Morgan fingerprint density at radius 2 is 2.22 bits per heavy atom. The van der Waals surface area contributed by atoms with Gasteiger partial charge >= 0.3 is 0 Å². The number of aryl methyl sites for hydroxylation is 1. The van der Waals surface area contributed by atoms with Crippen molar-refractivity contribution in [3.8, 4) is 5.75 Å². The minimum absolute atomic E-state index is 0.267. The summed E-state index contributed by atoms with van der Waals surface area (Å²) in [7, 11) is 0. The normalized spacial score (nSPS) is 15.8. The number of nitrogens with one attached hydrogen (secondary N) is 1. The number of ether oxygens (including phenoxy) is 1. The van der Waals surface area contributed by atoms with E-state index in [1.54, 1.807) is 0 Å². The Kier molecular flexibility index (Phi) is 3.07. The first-order valence-corrected chi connectivity index (χ1v) is 6.47. The molecule has 0 fully saturated rings. The van der Waals surface area contributed by atoms with Crippen molar-refractivity contribution < 1.29 is 4.74 Å². The molecule has 3 N–H and O–H groups in total. The molecule has 1 atom stereocenters. The van der Waals surface area contributed by atoms with E-state index in [2.05, 4.69) is 29.2 Å². The number of rotatable bonds is 3. The molecule has 1 aliphatic heterocycles. The van der Waals surface area contributed by atoms with Gasteiger partial charge in [-0.05, 0) is 41.7 Å². The van der Waals surface area contributed by atoms with Crippen LogP contribution in [0.15, 0.2) is 36.7 Å². The number of hydrogen-bond acceptors (Lipinski definition) is 2. The Morgan fingerprint density at radius 3 is 3.00 bits per heavy atom. The van der Waals surface area contributed by atoms with Crippen LogP contribution in [-0.2, 0) is 6.42 Å².